The molecule has 0 saturated carbocycles. The number of rotatable bonds is 7. The molecule has 0 bridgehead atoms. The number of carboxylic acid groups (broad SMARTS) is 1. The maximum atomic E-state index is 12.0. The molecule has 0 aliphatic carbocycles. The van der Waals surface area contributed by atoms with Crippen molar-refractivity contribution in [3.8, 4) is 5.75 Å². The van der Waals surface area contributed by atoms with Gasteiger partial charge in [-0.1, -0.05) is 26.0 Å². The van der Waals surface area contributed by atoms with Crippen molar-refractivity contribution in [2.24, 2.45) is 0 Å². The number of hydrogen-bond donors (Lipinski definition) is 2. The van der Waals surface area contributed by atoms with Crippen LogP contribution < -0.4 is 10.1 Å². The maximum Gasteiger partial charge on any atom is 0.329 e. The van der Waals surface area contributed by atoms with Crippen molar-refractivity contribution in [2.45, 2.75) is 45.1 Å². The highest BCUT2D eigenvalue weighted by Gasteiger charge is 2.32. The van der Waals surface area contributed by atoms with Crippen LogP contribution in [0.2, 0.25) is 0 Å². The first kappa shape index (κ1) is 17.0. The zero-order valence-corrected chi connectivity index (χ0v) is 13.0. The smallest absolute Gasteiger partial charge is 0.329 e. The molecule has 0 fully saturated rings. The standard InChI is InChI=1S/C16H23NO4/c1-5-16(3,15(19)20)17-14(18)10-11(2)12-6-8-13(21-4)9-7-12/h6-9,11H,5,10H2,1-4H3,(H,17,18)(H,19,20). The minimum absolute atomic E-state index is 0.00538. The summed E-state index contributed by atoms with van der Waals surface area (Å²) in [6.45, 7) is 5.19. The molecule has 0 spiro atoms. The monoisotopic (exact) mass is 293 g/mol. The largest absolute Gasteiger partial charge is 0.497 e. The molecule has 1 aromatic rings. The Morgan fingerprint density at radius 2 is 1.90 bits per heavy atom. The minimum Gasteiger partial charge on any atom is -0.497 e. The number of aliphatic carboxylic acids is 1. The van der Waals surface area contributed by atoms with Gasteiger partial charge in [-0.2, -0.15) is 0 Å². The lowest BCUT2D eigenvalue weighted by Gasteiger charge is -2.25. The number of ether oxygens (including phenoxy) is 1. The molecule has 0 radical (unpaired) electrons. The molecule has 1 amide bonds. The summed E-state index contributed by atoms with van der Waals surface area (Å²) in [5.74, 6) is -0.508. The zero-order valence-electron chi connectivity index (χ0n) is 13.0. The lowest BCUT2D eigenvalue weighted by molar-refractivity contribution is -0.147. The predicted molar refractivity (Wildman–Crippen MR) is 80.5 cm³/mol. The van der Waals surface area contributed by atoms with Gasteiger partial charge >= 0.3 is 5.97 Å². The summed E-state index contributed by atoms with van der Waals surface area (Å²) in [5.41, 5.74) is -0.198. The highest BCUT2D eigenvalue weighted by Crippen LogP contribution is 2.22. The SMILES string of the molecule is CCC(C)(NC(=O)CC(C)c1ccc(OC)cc1)C(=O)O. The Labute approximate surface area is 125 Å². The van der Waals surface area contributed by atoms with Crippen LogP contribution in [-0.2, 0) is 9.59 Å². The Kier molecular flexibility index (Phi) is 5.76. The van der Waals surface area contributed by atoms with Crippen molar-refractivity contribution >= 4 is 11.9 Å². The molecule has 2 N–H and O–H groups in total. The van der Waals surface area contributed by atoms with Crippen LogP contribution in [0.1, 0.15) is 45.1 Å². The Hall–Kier alpha value is -2.04. The fraction of sp³-hybridized carbons (Fsp3) is 0.500. The van der Waals surface area contributed by atoms with E-state index >= 15 is 0 Å². The third-order valence-corrected chi connectivity index (χ3v) is 3.77. The molecule has 21 heavy (non-hydrogen) atoms. The summed E-state index contributed by atoms with van der Waals surface area (Å²) in [6, 6.07) is 7.51. The summed E-state index contributed by atoms with van der Waals surface area (Å²) < 4.78 is 5.09. The van der Waals surface area contributed by atoms with E-state index in [0.717, 1.165) is 11.3 Å². The molecular formula is C16H23NO4. The van der Waals surface area contributed by atoms with Gasteiger partial charge < -0.3 is 15.2 Å². The summed E-state index contributed by atoms with van der Waals surface area (Å²) in [6.07, 6.45) is 0.584. The topological polar surface area (TPSA) is 75.6 Å². The highest BCUT2D eigenvalue weighted by atomic mass is 16.5. The number of methoxy groups -OCH3 is 1. The van der Waals surface area contributed by atoms with Crippen molar-refractivity contribution in [1.29, 1.82) is 0 Å². The maximum absolute atomic E-state index is 12.0. The molecule has 0 saturated heterocycles. The molecule has 5 heteroatoms. The van der Waals surface area contributed by atoms with Gasteiger partial charge in [-0.05, 0) is 37.0 Å². The van der Waals surface area contributed by atoms with Gasteiger partial charge in [-0.25, -0.2) is 4.79 Å². The van der Waals surface area contributed by atoms with Crippen LogP contribution >= 0.6 is 0 Å². The summed E-state index contributed by atoms with van der Waals surface area (Å²) in [5, 5.41) is 11.8. The number of nitrogens with one attached hydrogen (secondary N) is 1. The number of carbonyl (C=O) groups is 2. The van der Waals surface area contributed by atoms with E-state index in [0.29, 0.717) is 6.42 Å². The third-order valence-electron chi connectivity index (χ3n) is 3.77. The molecule has 2 atom stereocenters. The molecule has 0 heterocycles. The molecule has 0 aliphatic rings. The first-order valence-electron chi connectivity index (χ1n) is 7.00. The van der Waals surface area contributed by atoms with Crippen molar-refractivity contribution in [3.05, 3.63) is 29.8 Å². The van der Waals surface area contributed by atoms with Crippen molar-refractivity contribution in [2.75, 3.05) is 7.11 Å². The fourth-order valence-electron chi connectivity index (χ4n) is 1.98. The van der Waals surface area contributed by atoms with E-state index in [1.807, 2.05) is 31.2 Å². The minimum atomic E-state index is -1.21. The molecule has 5 nitrogen and oxygen atoms in total. The first-order chi connectivity index (χ1) is 9.82. The van der Waals surface area contributed by atoms with Crippen LogP contribution in [0.3, 0.4) is 0 Å². The molecular weight excluding hydrogens is 270 g/mol. The third kappa shape index (κ3) is 4.48. The molecule has 1 rings (SSSR count). The molecule has 116 valence electrons. The second-order valence-electron chi connectivity index (χ2n) is 5.42. The summed E-state index contributed by atoms with van der Waals surface area (Å²) in [4.78, 5) is 23.2. The number of carboxylic acids is 1. The van der Waals surface area contributed by atoms with Crippen molar-refractivity contribution in [1.82, 2.24) is 5.32 Å². The van der Waals surface area contributed by atoms with Gasteiger partial charge in [0, 0.05) is 6.42 Å². The zero-order chi connectivity index (χ0) is 16.0. The number of hydrogen-bond acceptors (Lipinski definition) is 3. The second-order valence-corrected chi connectivity index (χ2v) is 5.42. The van der Waals surface area contributed by atoms with Gasteiger partial charge in [0.25, 0.3) is 0 Å². The molecule has 2 unspecified atom stereocenters. The highest BCUT2D eigenvalue weighted by molar-refractivity contribution is 5.86. The average molecular weight is 293 g/mol. The lowest BCUT2D eigenvalue weighted by atomic mass is 9.95. The van der Waals surface area contributed by atoms with E-state index in [1.165, 1.54) is 6.92 Å². The van der Waals surface area contributed by atoms with Gasteiger partial charge in [-0.15, -0.1) is 0 Å². The van der Waals surface area contributed by atoms with Gasteiger partial charge in [0.1, 0.15) is 11.3 Å². The van der Waals surface area contributed by atoms with Crippen LogP contribution in [0.4, 0.5) is 0 Å². The Bertz CT molecular complexity index is 498. The van der Waals surface area contributed by atoms with Gasteiger partial charge in [0.05, 0.1) is 7.11 Å². The summed E-state index contributed by atoms with van der Waals surface area (Å²) >= 11 is 0. The van der Waals surface area contributed by atoms with Gasteiger partial charge in [-0.3, -0.25) is 4.79 Å². The normalized spacial score (nSPS) is 14.9. The average Bonchev–Trinajstić information content (AvgIpc) is 2.46. The fourth-order valence-corrected chi connectivity index (χ4v) is 1.98. The predicted octanol–water partition coefficient (Wildman–Crippen LogP) is 2.56. The van der Waals surface area contributed by atoms with Crippen LogP contribution in [0.25, 0.3) is 0 Å². The van der Waals surface area contributed by atoms with E-state index in [4.69, 9.17) is 9.84 Å². The van der Waals surface area contributed by atoms with E-state index in [9.17, 15) is 9.59 Å². The van der Waals surface area contributed by atoms with Crippen LogP contribution in [-0.4, -0.2) is 29.6 Å². The van der Waals surface area contributed by atoms with E-state index < -0.39 is 11.5 Å². The van der Waals surface area contributed by atoms with E-state index in [-0.39, 0.29) is 18.2 Å². The molecule has 0 aliphatic heterocycles. The Morgan fingerprint density at radius 3 is 2.33 bits per heavy atom. The van der Waals surface area contributed by atoms with Crippen LogP contribution in [0, 0.1) is 0 Å². The second kappa shape index (κ2) is 7.11. The first-order valence-corrected chi connectivity index (χ1v) is 7.00. The number of benzene rings is 1. The van der Waals surface area contributed by atoms with Crippen LogP contribution in [0.5, 0.6) is 5.75 Å². The van der Waals surface area contributed by atoms with Gasteiger partial charge in [0.15, 0.2) is 0 Å². The van der Waals surface area contributed by atoms with Crippen molar-refractivity contribution in [3.63, 3.8) is 0 Å². The Balaban J connectivity index is 2.67. The Morgan fingerprint density at radius 1 is 1.33 bits per heavy atom. The lowest BCUT2D eigenvalue weighted by Crippen LogP contribution is -2.51. The van der Waals surface area contributed by atoms with E-state index in [2.05, 4.69) is 5.32 Å². The molecule has 1 aromatic carbocycles. The quantitative estimate of drug-likeness (QED) is 0.810. The van der Waals surface area contributed by atoms with E-state index in [1.54, 1.807) is 14.0 Å². The van der Waals surface area contributed by atoms with Crippen LogP contribution in [0.15, 0.2) is 24.3 Å². The van der Waals surface area contributed by atoms with Gasteiger partial charge in [0.2, 0.25) is 5.91 Å². The van der Waals surface area contributed by atoms with Crippen molar-refractivity contribution < 1.29 is 19.4 Å². The number of carbonyl (C=O) groups excluding carboxylic acids is 1. The summed E-state index contributed by atoms with van der Waals surface area (Å²) in [7, 11) is 1.60. The molecule has 0 aromatic heterocycles. The number of amides is 1.